The molecular formula is C29H28ClNO5. The van der Waals surface area contributed by atoms with E-state index in [4.69, 9.17) is 21.1 Å². The molecule has 36 heavy (non-hydrogen) atoms. The number of carbonyl (C=O) groups is 2. The first-order chi connectivity index (χ1) is 17.2. The third-order valence-electron chi connectivity index (χ3n) is 5.90. The van der Waals surface area contributed by atoms with E-state index in [1.165, 1.54) is 18.1 Å². The molecule has 4 rings (SSSR count). The third kappa shape index (κ3) is 4.95. The van der Waals surface area contributed by atoms with Crippen molar-refractivity contribution in [3.63, 3.8) is 0 Å². The molecule has 7 heteroatoms. The van der Waals surface area contributed by atoms with E-state index in [2.05, 4.69) is 13.8 Å². The van der Waals surface area contributed by atoms with Crippen LogP contribution in [-0.2, 0) is 9.59 Å². The zero-order valence-corrected chi connectivity index (χ0v) is 21.4. The summed E-state index contributed by atoms with van der Waals surface area (Å²) in [6.07, 6.45) is 0. The fourth-order valence-corrected chi connectivity index (χ4v) is 4.41. The predicted molar refractivity (Wildman–Crippen MR) is 141 cm³/mol. The maximum Gasteiger partial charge on any atom is 0.300 e. The molecule has 0 radical (unpaired) electrons. The van der Waals surface area contributed by atoms with Crippen molar-refractivity contribution in [2.45, 2.75) is 26.8 Å². The van der Waals surface area contributed by atoms with Gasteiger partial charge in [-0.15, -0.1) is 0 Å². The van der Waals surface area contributed by atoms with Crippen molar-refractivity contribution in [3.8, 4) is 11.5 Å². The second-order valence-electron chi connectivity index (χ2n) is 9.13. The lowest BCUT2D eigenvalue weighted by molar-refractivity contribution is -0.132. The van der Waals surface area contributed by atoms with Crippen LogP contribution >= 0.6 is 11.6 Å². The van der Waals surface area contributed by atoms with Gasteiger partial charge in [-0.1, -0.05) is 49.7 Å². The van der Waals surface area contributed by atoms with Gasteiger partial charge in [0.15, 0.2) is 0 Å². The number of amides is 1. The molecule has 1 aliphatic rings. The number of methoxy groups -OCH3 is 1. The van der Waals surface area contributed by atoms with Crippen LogP contribution in [0, 0.1) is 12.8 Å². The lowest BCUT2D eigenvalue weighted by atomic mass is 9.94. The fourth-order valence-electron chi connectivity index (χ4n) is 4.24. The monoisotopic (exact) mass is 505 g/mol. The number of hydrogen-bond donors (Lipinski definition) is 1. The largest absolute Gasteiger partial charge is 0.507 e. The SMILES string of the molecule is COc1ccc(Cl)cc1/C(O)=C1\C(=O)C(=O)N(c2cccc(C)c2)C1c1cccc(OCC(C)C)c1. The molecule has 1 amide bonds. The molecule has 1 saturated heterocycles. The van der Waals surface area contributed by atoms with Gasteiger partial charge in [0.25, 0.3) is 11.7 Å². The summed E-state index contributed by atoms with van der Waals surface area (Å²) in [4.78, 5) is 28.3. The topological polar surface area (TPSA) is 76.1 Å². The Morgan fingerprint density at radius 2 is 1.81 bits per heavy atom. The van der Waals surface area contributed by atoms with Crippen LogP contribution in [0.2, 0.25) is 5.02 Å². The zero-order valence-electron chi connectivity index (χ0n) is 20.6. The highest BCUT2D eigenvalue weighted by Crippen LogP contribution is 2.44. The van der Waals surface area contributed by atoms with E-state index in [-0.39, 0.29) is 16.9 Å². The molecule has 1 unspecified atom stereocenters. The quantitative estimate of drug-likeness (QED) is 0.231. The molecule has 0 bridgehead atoms. The van der Waals surface area contributed by atoms with Crippen molar-refractivity contribution in [1.29, 1.82) is 0 Å². The van der Waals surface area contributed by atoms with Crippen LogP contribution in [0.5, 0.6) is 11.5 Å². The summed E-state index contributed by atoms with van der Waals surface area (Å²) in [7, 11) is 1.46. The maximum absolute atomic E-state index is 13.4. The van der Waals surface area contributed by atoms with Crippen molar-refractivity contribution in [1.82, 2.24) is 0 Å². The van der Waals surface area contributed by atoms with E-state index in [0.29, 0.717) is 40.3 Å². The van der Waals surface area contributed by atoms with Gasteiger partial charge in [-0.25, -0.2) is 0 Å². The zero-order chi connectivity index (χ0) is 26.0. The van der Waals surface area contributed by atoms with Crippen LogP contribution in [0.4, 0.5) is 5.69 Å². The number of nitrogens with zero attached hydrogens (tertiary/aromatic N) is 1. The average Bonchev–Trinajstić information content (AvgIpc) is 3.12. The van der Waals surface area contributed by atoms with Crippen LogP contribution in [0.25, 0.3) is 5.76 Å². The lowest BCUT2D eigenvalue weighted by Crippen LogP contribution is -2.29. The number of aryl methyl sites for hydroxylation is 1. The number of Topliss-reactive ketones (excluding diaryl/α,β-unsaturated/α-hetero) is 1. The van der Waals surface area contributed by atoms with E-state index < -0.39 is 17.7 Å². The van der Waals surface area contributed by atoms with Gasteiger partial charge in [-0.3, -0.25) is 14.5 Å². The van der Waals surface area contributed by atoms with Crippen LogP contribution in [0.15, 0.2) is 72.3 Å². The summed E-state index contributed by atoms with van der Waals surface area (Å²) in [6, 6.07) is 18.4. The molecule has 0 saturated carbocycles. The molecule has 1 fully saturated rings. The Morgan fingerprint density at radius 3 is 2.50 bits per heavy atom. The Bertz CT molecular complexity index is 1350. The fraction of sp³-hybridized carbons (Fsp3) is 0.241. The number of rotatable bonds is 7. The summed E-state index contributed by atoms with van der Waals surface area (Å²) in [6.45, 7) is 6.53. The summed E-state index contributed by atoms with van der Waals surface area (Å²) in [5, 5.41) is 11.8. The second kappa shape index (κ2) is 10.5. The minimum Gasteiger partial charge on any atom is -0.507 e. The van der Waals surface area contributed by atoms with Crippen LogP contribution in [-0.4, -0.2) is 30.5 Å². The van der Waals surface area contributed by atoms with Gasteiger partial charge in [0.2, 0.25) is 0 Å². The first-order valence-corrected chi connectivity index (χ1v) is 12.0. The van der Waals surface area contributed by atoms with Gasteiger partial charge in [-0.05, 0) is 66.4 Å². The Labute approximate surface area is 215 Å². The highest BCUT2D eigenvalue weighted by atomic mass is 35.5. The average molecular weight is 506 g/mol. The summed E-state index contributed by atoms with van der Waals surface area (Å²) >= 11 is 6.20. The molecule has 1 heterocycles. The van der Waals surface area contributed by atoms with E-state index >= 15 is 0 Å². The molecule has 3 aromatic carbocycles. The van der Waals surface area contributed by atoms with E-state index in [9.17, 15) is 14.7 Å². The Morgan fingerprint density at radius 1 is 1.06 bits per heavy atom. The van der Waals surface area contributed by atoms with Crippen molar-refractivity contribution in [2.24, 2.45) is 5.92 Å². The van der Waals surface area contributed by atoms with E-state index in [0.717, 1.165) is 5.56 Å². The van der Waals surface area contributed by atoms with E-state index in [1.807, 2.05) is 37.3 Å². The van der Waals surface area contributed by atoms with Crippen molar-refractivity contribution < 1.29 is 24.2 Å². The van der Waals surface area contributed by atoms with E-state index in [1.54, 1.807) is 30.3 Å². The van der Waals surface area contributed by atoms with Crippen LogP contribution in [0.3, 0.4) is 0 Å². The molecule has 1 aliphatic heterocycles. The number of benzene rings is 3. The van der Waals surface area contributed by atoms with Gasteiger partial charge < -0.3 is 14.6 Å². The Kier molecular flexibility index (Phi) is 7.36. The summed E-state index contributed by atoms with van der Waals surface area (Å²) in [5.74, 6) is -0.637. The number of carbonyl (C=O) groups excluding carboxylic acids is 2. The van der Waals surface area contributed by atoms with Crippen molar-refractivity contribution in [3.05, 3.63) is 94.0 Å². The molecule has 0 aliphatic carbocycles. The number of hydrogen-bond acceptors (Lipinski definition) is 5. The standard InChI is InChI=1S/C29H28ClNO5/c1-17(2)16-36-22-10-6-8-19(14-22)26-25(27(32)23-15-20(30)11-12-24(23)35-4)28(33)29(34)31(26)21-9-5-7-18(3)13-21/h5-15,17,26,32H,16H2,1-4H3/b27-25+. The minimum atomic E-state index is -0.891. The Balaban J connectivity index is 1.94. The molecule has 0 aromatic heterocycles. The number of aliphatic hydroxyl groups excluding tert-OH is 1. The number of halogens is 1. The van der Waals surface area contributed by atoms with Gasteiger partial charge in [0, 0.05) is 10.7 Å². The molecular weight excluding hydrogens is 478 g/mol. The number of anilines is 1. The van der Waals surface area contributed by atoms with Crippen LogP contribution in [0.1, 0.15) is 36.6 Å². The first kappa shape index (κ1) is 25.3. The lowest BCUT2D eigenvalue weighted by Gasteiger charge is -2.26. The summed E-state index contributed by atoms with van der Waals surface area (Å²) < 4.78 is 11.3. The smallest absolute Gasteiger partial charge is 0.300 e. The predicted octanol–water partition coefficient (Wildman–Crippen LogP) is 6.32. The Hall–Kier alpha value is -3.77. The first-order valence-electron chi connectivity index (χ1n) is 11.7. The van der Waals surface area contributed by atoms with Gasteiger partial charge in [0.1, 0.15) is 17.3 Å². The van der Waals surface area contributed by atoms with Gasteiger partial charge in [0.05, 0.1) is 30.9 Å². The normalized spacial score (nSPS) is 17.1. The highest BCUT2D eigenvalue weighted by molar-refractivity contribution is 6.51. The minimum absolute atomic E-state index is 0.0527. The second-order valence-corrected chi connectivity index (χ2v) is 9.57. The van der Waals surface area contributed by atoms with Gasteiger partial charge >= 0.3 is 0 Å². The molecule has 1 N–H and O–H groups in total. The highest BCUT2D eigenvalue weighted by Gasteiger charge is 2.47. The van der Waals surface area contributed by atoms with Crippen molar-refractivity contribution in [2.75, 3.05) is 18.6 Å². The molecule has 3 aromatic rings. The summed E-state index contributed by atoms with van der Waals surface area (Å²) in [5.41, 5.74) is 2.28. The maximum atomic E-state index is 13.4. The number of ketones is 1. The molecule has 0 spiro atoms. The number of aliphatic hydroxyl groups is 1. The molecule has 6 nitrogen and oxygen atoms in total. The number of ether oxygens (including phenoxy) is 2. The van der Waals surface area contributed by atoms with Crippen molar-refractivity contribution >= 4 is 34.7 Å². The molecule has 1 atom stereocenters. The van der Waals surface area contributed by atoms with Gasteiger partial charge in [-0.2, -0.15) is 0 Å². The van der Waals surface area contributed by atoms with Crippen LogP contribution < -0.4 is 14.4 Å². The molecule has 186 valence electrons. The third-order valence-corrected chi connectivity index (χ3v) is 6.13.